The molecule has 0 aromatic rings. The van der Waals surface area contributed by atoms with Gasteiger partial charge in [0.15, 0.2) is 0 Å². The van der Waals surface area contributed by atoms with Crippen molar-refractivity contribution in [2.24, 2.45) is 0 Å². The van der Waals surface area contributed by atoms with E-state index in [1.54, 1.807) is 4.90 Å². The minimum atomic E-state index is 0.219. The summed E-state index contributed by atoms with van der Waals surface area (Å²) < 4.78 is 4.36. The van der Waals surface area contributed by atoms with E-state index >= 15 is 0 Å². The van der Waals surface area contributed by atoms with Crippen molar-refractivity contribution in [1.82, 2.24) is 4.90 Å². The van der Waals surface area contributed by atoms with Crippen LogP contribution < -0.4 is 0 Å². The molecule has 2 radical (unpaired) electrons. The summed E-state index contributed by atoms with van der Waals surface area (Å²) in [5, 5.41) is 0. The molecule has 0 atom stereocenters. The van der Waals surface area contributed by atoms with Crippen LogP contribution in [0.5, 0.6) is 0 Å². The molecule has 1 heterocycles. The fraction of sp³-hybridized carbons (Fsp3) is 0.714. The van der Waals surface area contributed by atoms with Gasteiger partial charge in [-0.25, -0.2) is 0 Å². The Balaban J connectivity index is 2.20. The number of nitrogens with zero attached hydrogens (tertiary/aromatic N) is 1. The van der Waals surface area contributed by atoms with Gasteiger partial charge in [-0.05, 0) is 6.42 Å². The summed E-state index contributed by atoms with van der Waals surface area (Å²) >= 11 is 0. The van der Waals surface area contributed by atoms with E-state index in [9.17, 15) is 4.79 Å². The van der Waals surface area contributed by atoms with E-state index < -0.39 is 0 Å². The summed E-state index contributed by atoms with van der Waals surface area (Å²) in [6.07, 6.45) is 1.66. The lowest BCUT2D eigenvalue weighted by molar-refractivity contribution is -0.128. The van der Waals surface area contributed by atoms with Crippen molar-refractivity contribution in [3.8, 4) is 0 Å². The van der Waals surface area contributed by atoms with Gasteiger partial charge in [0.2, 0.25) is 5.91 Å². The monoisotopic (exact) mass is 141 g/mol. The summed E-state index contributed by atoms with van der Waals surface area (Å²) in [5.41, 5.74) is 0. The molecule has 1 rings (SSSR count). The smallest absolute Gasteiger partial charge is 0.222 e. The number of rotatable bonds is 3. The molecular formula is C7H11NO2. The van der Waals surface area contributed by atoms with Crippen LogP contribution in [0.3, 0.4) is 0 Å². The van der Waals surface area contributed by atoms with Gasteiger partial charge in [0, 0.05) is 19.5 Å². The summed E-state index contributed by atoms with van der Waals surface area (Å²) in [4.78, 5) is 12.7. The zero-order valence-electron chi connectivity index (χ0n) is 5.88. The Labute approximate surface area is 61.0 Å². The minimum absolute atomic E-state index is 0.219. The van der Waals surface area contributed by atoms with Gasteiger partial charge in [0.1, 0.15) is 7.11 Å². The van der Waals surface area contributed by atoms with Crippen molar-refractivity contribution < 1.29 is 9.53 Å². The molecular weight excluding hydrogens is 130 g/mol. The van der Waals surface area contributed by atoms with Crippen LogP contribution in [-0.2, 0) is 9.53 Å². The molecule has 10 heavy (non-hydrogen) atoms. The van der Waals surface area contributed by atoms with Crippen LogP contribution >= 0.6 is 0 Å². The lowest BCUT2D eigenvalue weighted by Gasteiger charge is -2.13. The predicted molar refractivity (Wildman–Crippen MR) is 36.1 cm³/mol. The number of ether oxygens (including phenoxy) is 1. The highest BCUT2D eigenvalue weighted by atomic mass is 16.5. The van der Waals surface area contributed by atoms with E-state index in [0.29, 0.717) is 19.6 Å². The van der Waals surface area contributed by atoms with Gasteiger partial charge in [-0.3, -0.25) is 4.79 Å². The largest absolute Gasteiger partial charge is 0.371 e. The quantitative estimate of drug-likeness (QED) is 0.565. The normalized spacial score (nSPS) is 18.5. The first kappa shape index (κ1) is 7.54. The number of hydrogen-bond acceptors (Lipinski definition) is 2. The Kier molecular flexibility index (Phi) is 2.68. The third-order valence-electron chi connectivity index (χ3n) is 1.65. The fourth-order valence-corrected chi connectivity index (χ4v) is 1.10. The molecule has 56 valence electrons. The van der Waals surface area contributed by atoms with Crippen molar-refractivity contribution in [2.45, 2.75) is 12.8 Å². The average molecular weight is 141 g/mol. The maximum absolute atomic E-state index is 10.9. The average Bonchev–Trinajstić information content (AvgIpc) is 2.31. The zero-order valence-corrected chi connectivity index (χ0v) is 5.88. The van der Waals surface area contributed by atoms with Crippen LogP contribution in [0, 0.1) is 7.11 Å². The fourth-order valence-electron chi connectivity index (χ4n) is 1.10. The molecule has 0 aromatic heterocycles. The van der Waals surface area contributed by atoms with Crippen LogP contribution in [0.4, 0.5) is 0 Å². The van der Waals surface area contributed by atoms with Crippen LogP contribution in [-0.4, -0.2) is 30.5 Å². The van der Waals surface area contributed by atoms with Crippen LogP contribution in [0.15, 0.2) is 0 Å². The van der Waals surface area contributed by atoms with Crippen LogP contribution in [0.1, 0.15) is 12.8 Å². The molecule has 1 fully saturated rings. The molecule has 3 heteroatoms. The van der Waals surface area contributed by atoms with E-state index in [1.807, 2.05) is 0 Å². The van der Waals surface area contributed by atoms with Crippen molar-refractivity contribution >= 4 is 5.91 Å². The van der Waals surface area contributed by atoms with E-state index in [0.717, 1.165) is 13.0 Å². The molecule has 1 aliphatic heterocycles. The number of carbonyl (C=O) groups excluding carboxylic acids is 1. The summed E-state index contributed by atoms with van der Waals surface area (Å²) in [6.45, 7) is 1.93. The topological polar surface area (TPSA) is 29.5 Å². The Morgan fingerprint density at radius 2 is 2.50 bits per heavy atom. The van der Waals surface area contributed by atoms with E-state index in [1.165, 1.54) is 0 Å². The van der Waals surface area contributed by atoms with Gasteiger partial charge in [-0.1, -0.05) is 0 Å². The van der Waals surface area contributed by atoms with Gasteiger partial charge in [0.25, 0.3) is 0 Å². The third-order valence-corrected chi connectivity index (χ3v) is 1.65. The minimum Gasteiger partial charge on any atom is -0.371 e. The molecule has 3 nitrogen and oxygen atoms in total. The summed E-state index contributed by atoms with van der Waals surface area (Å²) in [6, 6.07) is 0. The summed E-state index contributed by atoms with van der Waals surface area (Å²) in [7, 11) is 4.81. The van der Waals surface area contributed by atoms with Crippen molar-refractivity contribution in [1.29, 1.82) is 0 Å². The van der Waals surface area contributed by atoms with Gasteiger partial charge in [-0.2, -0.15) is 0 Å². The van der Waals surface area contributed by atoms with E-state index in [-0.39, 0.29) is 5.91 Å². The second kappa shape index (κ2) is 3.56. The predicted octanol–water partition coefficient (Wildman–Crippen LogP) is 0.294. The molecule has 1 amide bonds. The number of likely N-dealkylation sites (tertiary alicyclic amines) is 1. The molecule has 0 bridgehead atoms. The van der Waals surface area contributed by atoms with Gasteiger partial charge < -0.3 is 9.64 Å². The third kappa shape index (κ3) is 1.70. The number of amides is 1. The molecule has 1 aliphatic rings. The zero-order chi connectivity index (χ0) is 7.40. The first-order valence-corrected chi connectivity index (χ1v) is 3.44. The lowest BCUT2D eigenvalue weighted by atomic mass is 10.4. The van der Waals surface area contributed by atoms with Crippen molar-refractivity contribution in [3.05, 3.63) is 7.11 Å². The van der Waals surface area contributed by atoms with Crippen LogP contribution in [0.2, 0.25) is 0 Å². The second-order valence-corrected chi connectivity index (χ2v) is 2.36. The van der Waals surface area contributed by atoms with Crippen LogP contribution in [0.25, 0.3) is 0 Å². The molecule has 0 aromatic carbocycles. The van der Waals surface area contributed by atoms with Gasteiger partial charge in [0.05, 0.1) is 6.61 Å². The maximum Gasteiger partial charge on any atom is 0.222 e. The van der Waals surface area contributed by atoms with Gasteiger partial charge >= 0.3 is 0 Å². The standard InChI is InChI=1S/C7H11NO2/c1-10-6-5-8-4-2-3-7(8)9/h1H,2-6H2. The molecule has 1 saturated heterocycles. The lowest BCUT2D eigenvalue weighted by Crippen LogP contribution is -2.27. The molecule has 0 saturated carbocycles. The first-order chi connectivity index (χ1) is 4.84. The number of carbonyl (C=O) groups is 1. The highest BCUT2D eigenvalue weighted by Gasteiger charge is 2.18. The van der Waals surface area contributed by atoms with E-state index in [2.05, 4.69) is 4.74 Å². The van der Waals surface area contributed by atoms with Gasteiger partial charge in [-0.15, -0.1) is 0 Å². The molecule has 0 unspecified atom stereocenters. The molecule has 0 N–H and O–H groups in total. The Hall–Kier alpha value is -0.570. The highest BCUT2D eigenvalue weighted by molar-refractivity contribution is 5.77. The maximum atomic E-state index is 10.9. The molecule has 0 spiro atoms. The highest BCUT2D eigenvalue weighted by Crippen LogP contribution is 2.08. The van der Waals surface area contributed by atoms with Crippen molar-refractivity contribution in [3.63, 3.8) is 0 Å². The second-order valence-electron chi connectivity index (χ2n) is 2.36. The van der Waals surface area contributed by atoms with E-state index in [4.69, 9.17) is 7.11 Å². The Morgan fingerprint density at radius 3 is 3.00 bits per heavy atom. The SMILES string of the molecule is [CH]OCCN1CCCC1=O. The number of hydrogen-bond donors (Lipinski definition) is 0. The first-order valence-electron chi connectivity index (χ1n) is 3.44. The van der Waals surface area contributed by atoms with Crippen molar-refractivity contribution in [2.75, 3.05) is 19.7 Å². The summed E-state index contributed by atoms with van der Waals surface area (Å²) in [5.74, 6) is 0.219. The Morgan fingerprint density at radius 1 is 1.70 bits per heavy atom. The molecule has 0 aliphatic carbocycles. The Bertz CT molecular complexity index is 125.